The highest BCUT2D eigenvalue weighted by Gasteiger charge is 2.27. The molecular weight excluding hydrogens is 302 g/mol. The van der Waals surface area contributed by atoms with Crippen LogP contribution < -0.4 is 4.72 Å². The van der Waals surface area contributed by atoms with Gasteiger partial charge in [0.15, 0.2) is 9.90 Å². The molecule has 2 heterocycles. The zero-order chi connectivity index (χ0) is 14.8. The maximum absolute atomic E-state index is 12.2. The molecule has 2 aromatic heterocycles. The minimum atomic E-state index is -3.94. The van der Waals surface area contributed by atoms with Gasteiger partial charge in [-0.05, 0) is 24.6 Å². The Morgan fingerprint density at radius 1 is 1.40 bits per heavy atom. The molecule has 0 saturated carbocycles. The van der Waals surface area contributed by atoms with Crippen LogP contribution in [0.1, 0.15) is 29.0 Å². The van der Waals surface area contributed by atoms with Gasteiger partial charge in [0.2, 0.25) is 0 Å². The summed E-state index contributed by atoms with van der Waals surface area (Å²) in [4.78, 5) is 18.3. The second kappa shape index (κ2) is 5.65. The highest BCUT2D eigenvalue weighted by atomic mass is 32.2. The Hall–Kier alpha value is -1.84. The maximum Gasteiger partial charge on any atom is 0.356 e. The number of nitrogens with zero attached hydrogens (tertiary/aromatic N) is 2. The van der Waals surface area contributed by atoms with Crippen molar-refractivity contribution in [2.75, 3.05) is 0 Å². The largest absolute Gasteiger partial charge is 0.476 e. The standard InChI is InChI=1S/C11H11N3O4S2/c1-7(8-2-4-12-5-3-8)14-20(17,18)11-9(10(15)16)13-6-19-11/h2-7,14H,1H3,(H,15,16)/t7-/m0/s1. The van der Waals surface area contributed by atoms with E-state index in [0.717, 1.165) is 16.9 Å². The first-order valence-corrected chi connectivity index (χ1v) is 7.87. The van der Waals surface area contributed by atoms with E-state index in [1.165, 1.54) is 5.51 Å². The summed E-state index contributed by atoms with van der Waals surface area (Å²) in [5.41, 5.74) is 1.45. The van der Waals surface area contributed by atoms with Crippen molar-refractivity contribution in [3.8, 4) is 0 Å². The van der Waals surface area contributed by atoms with Crippen LogP contribution in [-0.2, 0) is 10.0 Å². The number of hydrogen-bond acceptors (Lipinski definition) is 6. The minimum absolute atomic E-state index is 0.300. The van der Waals surface area contributed by atoms with Crippen LogP contribution in [0.25, 0.3) is 0 Å². The summed E-state index contributed by atoms with van der Waals surface area (Å²) in [5.74, 6) is -1.37. The van der Waals surface area contributed by atoms with Gasteiger partial charge in [-0.1, -0.05) is 0 Å². The monoisotopic (exact) mass is 313 g/mol. The maximum atomic E-state index is 12.2. The molecule has 2 N–H and O–H groups in total. The average molecular weight is 313 g/mol. The fraction of sp³-hybridized carbons (Fsp3) is 0.182. The molecule has 20 heavy (non-hydrogen) atoms. The lowest BCUT2D eigenvalue weighted by Gasteiger charge is -2.13. The van der Waals surface area contributed by atoms with Gasteiger partial charge in [0, 0.05) is 18.4 Å². The van der Waals surface area contributed by atoms with Crippen LogP contribution in [0.15, 0.2) is 34.2 Å². The Balaban J connectivity index is 2.28. The second-order valence-electron chi connectivity index (χ2n) is 3.92. The van der Waals surface area contributed by atoms with Crippen molar-refractivity contribution < 1.29 is 18.3 Å². The Labute approximate surface area is 119 Å². The van der Waals surface area contributed by atoms with Gasteiger partial charge in [-0.25, -0.2) is 22.9 Å². The number of aromatic carboxylic acids is 1. The highest BCUT2D eigenvalue weighted by molar-refractivity contribution is 7.91. The summed E-state index contributed by atoms with van der Waals surface area (Å²) in [6.45, 7) is 1.66. The van der Waals surface area contributed by atoms with Crippen molar-refractivity contribution in [3.63, 3.8) is 0 Å². The van der Waals surface area contributed by atoms with E-state index < -0.39 is 27.7 Å². The Bertz CT molecular complexity index is 712. The third-order valence-electron chi connectivity index (χ3n) is 2.52. The summed E-state index contributed by atoms with van der Waals surface area (Å²) in [6.07, 6.45) is 3.10. The topological polar surface area (TPSA) is 109 Å². The molecule has 0 fully saturated rings. The van der Waals surface area contributed by atoms with Crippen LogP contribution in [-0.4, -0.2) is 29.5 Å². The molecule has 1 atom stereocenters. The van der Waals surface area contributed by atoms with Gasteiger partial charge in [-0.2, -0.15) is 0 Å². The highest BCUT2D eigenvalue weighted by Crippen LogP contribution is 2.22. The first-order chi connectivity index (χ1) is 9.42. The van der Waals surface area contributed by atoms with E-state index in [-0.39, 0.29) is 4.21 Å². The molecule has 0 aliphatic rings. The smallest absolute Gasteiger partial charge is 0.356 e. The quantitative estimate of drug-likeness (QED) is 0.860. The van der Waals surface area contributed by atoms with Crippen molar-refractivity contribution in [1.29, 1.82) is 0 Å². The van der Waals surface area contributed by atoms with E-state index in [1.807, 2.05) is 0 Å². The molecule has 2 aromatic rings. The van der Waals surface area contributed by atoms with Crippen molar-refractivity contribution in [2.45, 2.75) is 17.2 Å². The summed E-state index contributed by atoms with van der Waals surface area (Å²) >= 11 is 0.767. The van der Waals surface area contributed by atoms with Gasteiger partial charge >= 0.3 is 5.97 Å². The number of hydrogen-bond donors (Lipinski definition) is 2. The van der Waals surface area contributed by atoms with Gasteiger partial charge in [0.05, 0.1) is 5.51 Å². The molecule has 0 aliphatic carbocycles. The molecule has 0 aromatic carbocycles. The number of aromatic nitrogens is 2. The number of rotatable bonds is 5. The SMILES string of the molecule is C[C@H](NS(=O)(=O)c1scnc1C(=O)O)c1ccncc1. The summed E-state index contributed by atoms with van der Waals surface area (Å²) in [6, 6.07) is 2.85. The molecule has 106 valence electrons. The van der Waals surface area contributed by atoms with Gasteiger partial charge in [-0.15, -0.1) is 11.3 Å². The molecule has 0 saturated heterocycles. The number of thiazole rings is 1. The van der Waals surface area contributed by atoms with Crippen molar-refractivity contribution in [3.05, 3.63) is 41.3 Å². The zero-order valence-electron chi connectivity index (χ0n) is 10.3. The van der Waals surface area contributed by atoms with Crippen LogP contribution in [0, 0.1) is 0 Å². The van der Waals surface area contributed by atoms with Crippen molar-refractivity contribution in [1.82, 2.24) is 14.7 Å². The Kier molecular flexibility index (Phi) is 4.12. The molecule has 7 nitrogen and oxygen atoms in total. The molecule has 2 rings (SSSR count). The molecule has 0 radical (unpaired) electrons. The lowest BCUT2D eigenvalue weighted by Crippen LogP contribution is -2.27. The predicted molar refractivity (Wildman–Crippen MR) is 72.0 cm³/mol. The summed E-state index contributed by atoms with van der Waals surface area (Å²) < 4.78 is 26.5. The van der Waals surface area contributed by atoms with Crippen molar-refractivity contribution >= 4 is 27.3 Å². The van der Waals surface area contributed by atoms with Crippen LogP contribution in [0.2, 0.25) is 0 Å². The summed E-state index contributed by atoms with van der Waals surface area (Å²) in [7, 11) is -3.94. The minimum Gasteiger partial charge on any atom is -0.476 e. The van der Waals surface area contributed by atoms with Crippen LogP contribution in [0.5, 0.6) is 0 Å². The fourth-order valence-corrected chi connectivity index (χ4v) is 3.96. The zero-order valence-corrected chi connectivity index (χ0v) is 12.0. The van der Waals surface area contributed by atoms with E-state index in [9.17, 15) is 13.2 Å². The van der Waals surface area contributed by atoms with E-state index in [2.05, 4.69) is 14.7 Å². The molecule has 0 spiro atoms. The first kappa shape index (κ1) is 14.6. The van der Waals surface area contributed by atoms with E-state index in [4.69, 9.17) is 5.11 Å². The molecule has 0 bridgehead atoms. The van der Waals surface area contributed by atoms with Crippen LogP contribution >= 0.6 is 11.3 Å². The molecule has 0 amide bonds. The van der Waals surface area contributed by atoms with Gasteiger partial charge in [0.1, 0.15) is 0 Å². The molecular formula is C11H11N3O4S2. The lowest BCUT2D eigenvalue weighted by molar-refractivity contribution is 0.0687. The fourth-order valence-electron chi connectivity index (χ4n) is 1.57. The number of carboxylic acids is 1. The first-order valence-electron chi connectivity index (χ1n) is 5.51. The molecule has 9 heteroatoms. The summed E-state index contributed by atoms with van der Waals surface area (Å²) in [5, 5.41) is 8.91. The Morgan fingerprint density at radius 3 is 2.65 bits per heavy atom. The number of nitrogens with one attached hydrogen (secondary N) is 1. The van der Waals surface area contributed by atoms with Crippen LogP contribution in [0.3, 0.4) is 0 Å². The number of sulfonamides is 1. The molecule has 0 unspecified atom stereocenters. The number of pyridine rings is 1. The van der Waals surface area contributed by atoms with E-state index in [0.29, 0.717) is 0 Å². The predicted octanol–water partition coefficient (Wildman–Crippen LogP) is 1.28. The average Bonchev–Trinajstić information content (AvgIpc) is 2.89. The number of carbonyl (C=O) groups is 1. The Morgan fingerprint density at radius 2 is 2.05 bits per heavy atom. The van der Waals surface area contributed by atoms with Gasteiger partial charge < -0.3 is 5.11 Å². The van der Waals surface area contributed by atoms with Crippen molar-refractivity contribution in [2.24, 2.45) is 0 Å². The third kappa shape index (κ3) is 3.00. The van der Waals surface area contributed by atoms with Gasteiger partial charge in [0.25, 0.3) is 10.0 Å². The lowest BCUT2D eigenvalue weighted by atomic mass is 10.1. The second-order valence-corrected chi connectivity index (χ2v) is 6.68. The third-order valence-corrected chi connectivity index (χ3v) is 5.43. The van der Waals surface area contributed by atoms with E-state index >= 15 is 0 Å². The normalized spacial score (nSPS) is 13.1. The van der Waals surface area contributed by atoms with Gasteiger partial charge in [-0.3, -0.25) is 4.98 Å². The van der Waals surface area contributed by atoms with E-state index in [1.54, 1.807) is 31.5 Å². The van der Waals surface area contributed by atoms with Crippen LogP contribution in [0.4, 0.5) is 0 Å². The molecule has 0 aliphatic heterocycles. The number of carboxylic acid groups (broad SMARTS) is 1.